The number of anilines is 1. The minimum Gasteiger partial charge on any atom is -0.496 e. The maximum atomic E-state index is 13.6. The van der Waals surface area contributed by atoms with Crippen molar-refractivity contribution < 1.29 is 31.6 Å². The smallest absolute Gasteiger partial charge is 0.435 e. The first kappa shape index (κ1) is 26.9. The van der Waals surface area contributed by atoms with E-state index >= 15 is 0 Å². The van der Waals surface area contributed by atoms with Crippen molar-refractivity contribution in [3.05, 3.63) is 63.8 Å². The number of benzene rings is 2. The van der Waals surface area contributed by atoms with Gasteiger partial charge in [-0.15, -0.1) is 10.2 Å². The van der Waals surface area contributed by atoms with E-state index in [2.05, 4.69) is 15.5 Å². The fourth-order valence-electron chi connectivity index (χ4n) is 3.66. The molecule has 3 rings (SSSR count). The summed E-state index contributed by atoms with van der Waals surface area (Å²) in [6.45, 7) is 6.43. The summed E-state index contributed by atoms with van der Waals surface area (Å²) in [6.07, 6.45) is -3.64. The second-order valence-corrected chi connectivity index (χ2v) is 10.4. The summed E-state index contributed by atoms with van der Waals surface area (Å²) >= 11 is 0. The number of halogens is 3. The second-order valence-electron chi connectivity index (χ2n) is 8.25. The minimum absolute atomic E-state index is 0.141. The lowest BCUT2D eigenvalue weighted by atomic mass is 10.0. The van der Waals surface area contributed by atoms with Crippen molar-refractivity contribution in [2.45, 2.75) is 38.8 Å². The van der Waals surface area contributed by atoms with Crippen LogP contribution in [-0.2, 0) is 15.9 Å². The molecule has 1 unspecified atom stereocenters. The van der Waals surface area contributed by atoms with Gasteiger partial charge in [-0.25, -0.2) is 8.99 Å². The average Bonchev–Trinajstić information content (AvgIpc) is 2.76. The van der Waals surface area contributed by atoms with Gasteiger partial charge in [-0.1, -0.05) is 6.07 Å². The zero-order valence-electron chi connectivity index (χ0n) is 20.5. The van der Waals surface area contributed by atoms with Gasteiger partial charge in [0.15, 0.2) is 5.69 Å². The van der Waals surface area contributed by atoms with E-state index in [1.807, 2.05) is 0 Å². The topological polar surface area (TPSA) is 114 Å². The number of hydrogen-bond donors (Lipinski definition) is 2. The van der Waals surface area contributed by atoms with Crippen LogP contribution in [0, 0.1) is 32.5 Å². The molecule has 0 radical (unpaired) electrons. The van der Waals surface area contributed by atoms with Crippen LogP contribution in [0.3, 0.4) is 0 Å². The number of nitrogens with zero attached hydrogens (tertiary/aromatic N) is 2. The number of aryl methyl sites for hydroxylation is 1. The molecule has 36 heavy (non-hydrogen) atoms. The third-order valence-electron chi connectivity index (χ3n) is 5.61. The van der Waals surface area contributed by atoms with E-state index in [-0.39, 0.29) is 16.3 Å². The maximum Gasteiger partial charge on any atom is 0.435 e. The predicted molar refractivity (Wildman–Crippen MR) is 128 cm³/mol. The number of amides is 1. The van der Waals surface area contributed by atoms with E-state index in [0.717, 1.165) is 12.5 Å². The highest BCUT2D eigenvalue weighted by Crippen LogP contribution is 2.38. The molecule has 0 spiro atoms. The van der Waals surface area contributed by atoms with Crippen molar-refractivity contribution in [1.82, 2.24) is 10.2 Å². The number of methoxy groups -OCH3 is 1. The largest absolute Gasteiger partial charge is 0.496 e. The zero-order valence-corrected chi connectivity index (χ0v) is 21.3. The monoisotopic (exact) mass is 522 g/mol. The highest BCUT2D eigenvalue weighted by atomic mass is 32.2. The van der Waals surface area contributed by atoms with Gasteiger partial charge in [0.25, 0.3) is 11.8 Å². The molecule has 192 valence electrons. The van der Waals surface area contributed by atoms with Crippen molar-refractivity contribution in [3.8, 4) is 17.4 Å². The molecule has 2 aromatic carbocycles. The average molecular weight is 523 g/mol. The standard InChI is InChI=1S/C24H25F3N4O4S/c1-12-10-18(13(2)14(3)20(12)34-5)35-23-19(15(4)21(30-31-23)24(25,26)27)22(32)29-16-8-7-9-17(11-16)36(6,28)33/h7-11,28H,1-6H3,(H,29,32). The lowest BCUT2D eigenvalue weighted by Crippen LogP contribution is -2.21. The summed E-state index contributed by atoms with van der Waals surface area (Å²) in [5.41, 5.74) is -0.00222. The molecule has 3 aromatic rings. The Balaban J connectivity index is 2.13. The normalized spacial score (nSPS) is 13.1. The van der Waals surface area contributed by atoms with Crippen molar-refractivity contribution in [3.63, 3.8) is 0 Å². The number of rotatable bonds is 6. The third kappa shape index (κ3) is 5.43. The fraction of sp³-hybridized carbons (Fsp3) is 0.292. The quantitative estimate of drug-likeness (QED) is 0.422. The van der Waals surface area contributed by atoms with Crippen LogP contribution >= 0.6 is 0 Å². The van der Waals surface area contributed by atoms with E-state index in [0.29, 0.717) is 16.9 Å². The minimum atomic E-state index is -4.85. The van der Waals surface area contributed by atoms with Gasteiger partial charge < -0.3 is 14.8 Å². The van der Waals surface area contributed by atoms with Crippen LogP contribution in [0.15, 0.2) is 35.2 Å². The van der Waals surface area contributed by atoms with Crippen LogP contribution in [0.4, 0.5) is 18.9 Å². The summed E-state index contributed by atoms with van der Waals surface area (Å²) in [7, 11) is -1.56. The third-order valence-corrected chi connectivity index (χ3v) is 6.76. The van der Waals surface area contributed by atoms with Crippen molar-refractivity contribution in [2.75, 3.05) is 18.7 Å². The number of nitrogens with one attached hydrogen (secondary N) is 2. The molecule has 0 fully saturated rings. The fourth-order valence-corrected chi connectivity index (χ4v) is 4.35. The van der Waals surface area contributed by atoms with Crippen LogP contribution in [0.2, 0.25) is 0 Å². The number of alkyl halides is 3. The Kier molecular flexibility index (Phi) is 7.30. The van der Waals surface area contributed by atoms with Crippen LogP contribution < -0.4 is 14.8 Å². The van der Waals surface area contributed by atoms with Crippen LogP contribution in [-0.4, -0.2) is 33.7 Å². The van der Waals surface area contributed by atoms with Crippen LogP contribution in [0.1, 0.15) is 38.3 Å². The first-order valence-corrected chi connectivity index (χ1v) is 12.5. The lowest BCUT2D eigenvalue weighted by Gasteiger charge is -2.19. The Hall–Kier alpha value is -3.67. The molecule has 0 bridgehead atoms. The van der Waals surface area contributed by atoms with Crippen molar-refractivity contribution in [1.29, 1.82) is 4.78 Å². The number of hydrogen-bond acceptors (Lipinski definition) is 7. The van der Waals surface area contributed by atoms with E-state index < -0.39 is 44.5 Å². The molecule has 0 saturated heterocycles. The molecule has 2 N–H and O–H groups in total. The van der Waals surface area contributed by atoms with Gasteiger partial charge in [-0.2, -0.15) is 13.2 Å². The molecular weight excluding hydrogens is 497 g/mol. The summed E-state index contributed by atoms with van der Waals surface area (Å²) in [5.74, 6) is -0.447. The maximum absolute atomic E-state index is 13.6. The Labute approximate surface area is 206 Å². The molecule has 0 aliphatic rings. The van der Waals surface area contributed by atoms with Gasteiger partial charge in [-0.05, 0) is 74.2 Å². The molecule has 0 aliphatic carbocycles. The Bertz CT molecular complexity index is 1450. The predicted octanol–water partition coefficient (Wildman–Crippen LogP) is 5.82. The number of carbonyl (C=O) groups excluding carboxylic acids is 1. The molecule has 1 amide bonds. The molecular formula is C24H25F3N4O4S. The summed E-state index contributed by atoms with van der Waals surface area (Å²) in [5, 5.41) is 9.38. The van der Waals surface area contributed by atoms with Crippen molar-refractivity contribution in [2.24, 2.45) is 0 Å². The Morgan fingerprint density at radius 2 is 1.72 bits per heavy atom. The van der Waals surface area contributed by atoms with Gasteiger partial charge in [0.2, 0.25) is 0 Å². The molecule has 1 heterocycles. The van der Waals surface area contributed by atoms with E-state index in [4.69, 9.17) is 14.3 Å². The van der Waals surface area contributed by atoms with Crippen LogP contribution in [0.5, 0.6) is 17.4 Å². The second kappa shape index (κ2) is 9.76. The van der Waals surface area contributed by atoms with E-state index in [9.17, 15) is 22.2 Å². The van der Waals surface area contributed by atoms with Gasteiger partial charge >= 0.3 is 6.18 Å². The lowest BCUT2D eigenvalue weighted by molar-refractivity contribution is -0.142. The van der Waals surface area contributed by atoms with Crippen LogP contribution in [0.25, 0.3) is 0 Å². The molecule has 12 heteroatoms. The van der Waals surface area contributed by atoms with E-state index in [1.165, 1.54) is 37.6 Å². The molecule has 8 nitrogen and oxygen atoms in total. The summed E-state index contributed by atoms with van der Waals surface area (Å²) < 4.78 is 71.8. The summed E-state index contributed by atoms with van der Waals surface area (Å²) in [6, 6.07) is 7.35. The highest BCUT2D eigenvalue weighted by Gasteiger charge is 2.38. The van der Waals surface area contributed by atoms with Gasteiger partial charge in [-0.3, -0.25) is 4.79 Å². The Morgan fingerprint density at radius 1 is 1.06 bits per heavy atom. The van der Waals surface area contributed by atoms with Crippen molar-refractivity contribution >= 4 is 21.3 Å². The summed E-state index contributed by atoms with van der Waals surface area (Å²) in [4.78, 5) is 13.4. The highest BCUT2D eigenvalue weighted by molar-refractivity contribution is 7.91. The number of aromatic nitrogens is 2. The molecule has 1 atom stereocenters. The molecule has 0 saturated carbocycles. The first-order valence-electron chi connectivity index (χ1n) is 10.6. The molecule has 1 aromatic heterocycles. The zero-order chi connectivity index (χ0) is 27.0. The SMILES string of the molecule is COc1c(C)cc(Oc2nnc(C(F)(F)F)c(C)c2C(=O)Nc2cccc(S(C)(=N)=O)c2)c(C)c1C. The van der Waals surface area contributed by atoms with Gasteiger partial charge in [0.05, 0.1) is 16.8 Å². The van der Waals surface area contributed by atoms with Gasteiger partial charge in [0, 0.05) is 16.8 Å². The van der Waals surface area contributed by atoms with Gasteiger partial charge in [0.1, 0.15) is 17.1 Å². The number of ether oxygens (including phenoxy) is 2. The first-order chi connectivity index (χ1) is 16.6. The Morgan fingerprint density at radius 3 is 2.31 bits per heavy atom. The van der Waals surface area contributed by atoms with E-state index in [1.54, 1.807) is 26.8 Å². The number of carbonyl (C=O) groups is 1. The molecule has 0 aliphatic heterocycles.